The zero-order valence-electron chi connectivity index (χ0n) is 10.8. The number of aromatic nitrogens is 1. The summed E-state index contributed by atoms with van der Waals surface area (Å²) in [5, 5.41) is 13.5. The molecule has 0 aromatic carbocycles. The van der Waals surface area contributed by atoms with Crippen LogP contribution in [-0.4, -0.2) is 41.6 Å². The van der Waals surface area contributed by atoms with Crippen LogP contribution < -0.4 is 10.1 Å². The van der Waals surface area contributed by atoms with Crippen LogP contribution in [0.2, 0.25) is 0 Å². The van der Waals surface area contributed by atoms with Crippen LogP contribution in [0.3, 0.4) is 0 Å². The summed E-state index contributed by atoms with van der Waals surface area (Å²) < 4.78 is 10.7. The second-order valence-corrected chi connectivity index (χ2v) is 4.51. The van der Waals surface area contributed by atoms with Crippen molar-refractivity contribution in [1.82, 2.24) is 4.98 Å². The molecule has 1 aromatic heterocycles. The summed E-state index contributed by atoms with van der Waals surface area (Å²) in [5.74, 6) is 1.29. The van der Waals surface area contributed by atoms with E-state index in [2.05, 4.69) is 10.3 Å². The quantitative estimate of drug-likeness (QED) is 0.830. The lowest BCUT2D eigenvalue weighted by atomic mass is 9.97. The van der Waals surface area contributed by atoms with Gasteiger partial charge in [-0.25, -0.2) is 0 Å². The number of ether oxygens (including phenoxy) is 2. The Kier molecular flexibility index (Phi) is 4.04. The highest BCUT2D eigenvalue weighted by Crippen LogP contribution is 2.26. The van der Waals surface area contributed by atoms with Gasteiger partial charge in [0.25, 0.3) is 0 Å². The largest absolute Gasteiger partial charge is 0.478 e. The van der Waals surface area contributed by atoms with Crippen LogP contribution in [-0.2, 0) is 4.74 Å². The molecule has 18 heavy (non-hydrogen) atoms. The van der Waals surface area contributed by atoms with Gasteiger partial charge in [-0.1, -0.05) is 6.07 Å². The first-order valence-electron chi connectivity index (χ1n) is 6.32. The molecule has 0 saturated carbocycles. The van der Waals surface area contributed by atoms with Crippen molar-refractivity contribution in [2.45, 2.75) is 32.0 Å². The number of rotatable bonds is 5. The Bertz CT molecular complexity index is 400. The summed E-state index contributed by atoms with van der Waals surface area (Å²) in [7, 11) is 0. The van der Waals surface area contributed by atoms with Gasteiger partial charge in [0, 0.05) is 25.6 Å². The Morgan fingerprint density at radius 1 is 1.61 bits per heavy atom. The molecule has 1 saturated heterocycles. The molecule has 1 aromatic rings. The molecule has 0 amide bonds. The van der Waals surface area contributed by atoms with Crippen LogP contribution in [0.15, 0.2) is 18.2 Å². The van der Waals surface area contributed by atoms with E-state index in [9.17, 15) is 5.11 Å². The average Bonchev–Trinajstić information content (AvgIpc) is 2.69. The molecule has 0 aliphatic carbocycles. The topological polar surface area (TPSA) is 63.6 Å². The summed E-state index contributed by atoms with van der Waals surface area (Å²) in [5.41, 5.74) is -0.816. The molecule has 1 aliphatic heterocycles. The van der Waals surface area contributed by atoms with E-state index in [1.54, 1.807) is 0 Å². The van der Waals surface area contributed by atoms with E-state index in [0.717, 1.165) is 0 Å². The molecule has 2 unspecified atom stereocenters. The summed E-state index contributed by atoms with van der Waals surface area (Å²) >= 11 is 0. The zero-order chi connectivity index (χ0) is 13.0. The highest BCUT2D eigenvalue weighted by molar-refractivity contribution is 5.37. The van der Waals surface area contributed by atoms with Crippen LogP contribution in [0, 0.1) is 0 Å². The molecule has 5 nitrogen and oxygen atoms in total. The van der Waals surface area contributed by atoms with Crippen molar-refractivity contribution in [1.29, 1.82) is 0 Å². The van der Waals surface area contributed by atoms with E-state index in [1.165, 1.54) is 0 Å². The van der Waals surface area contributed by atoms with Gasteiger partial charge in [0.05, 0.1) is 12.7 Å². The van der Waals surface area contributed by atoms with Crippen molar-refractivity contribution >= 4 is 5.82 Å². The Labute approximate surface area is 107 Å². The molecule has 2 N–H and O–H groups in total. The van der Waals surface area contributed by atoms with Gasteiger partial charge >= 0.3 is 0 Å². The minimum absolute atomic E-state index is 0.153. The van der Waals surface area contributed by atoms with Crippen LogP contribution in [0.5, 0.6) is 5.88 Å². The predicted octanol–water partition coefficient (Wildman–Crippen LogP) is 1.43. The van der Waals surface area contributed by atoms with Gasteiger partial charge in [-0.15, -0.1) is 0 Å². The Balaban J connectivity index is 1.95. The zero-order valence-corrected chi connectivity index (χ0v) is 10.8. The van der Waals surface area contributed by atoms with E-state index < -0.39 is 5.60 Å². The fourth-order valence-electron chi connectivity index (χ4n) is 1.99. The van der Waals surface area contributed by atoms with Crippen LogP contribution in [0.1, 0.15) is 20.3 Å². The molecule has 100 valence electrons. The molecule has 0 radical (unpaired) electrons. The van der Waals surface area contributed by atoms with E-state index in [0.29, 0.717) is 37.9 Å². The standard InChI is InChI=1S/C13H20N2O3/c1-3-17-12-6-4-5-11(15-12)14-9-13(16)7-8-18-10(13)2/h4-6,10,16H,3,7-9H2,1-2H3,(H,14,15). The second kappa shape index (κ2) is 5.54. The maximum atomic E-state index is 10.3. The fourth-order valence-corrected chi connectivity index (χ4v) is 1.99. The SMILES string of the molecule is CCOc1cccc(NCC2(O)CCOC2C)n1. The van der Waals surface area contributed by atoms with Crippen molar-refractivity contribution in [3.8, 4) is 5.88 Å². The lowest BCUT2D eigenvalue weighted by Gasteiger charge is -2.26. The van der Waals surface area contributed by atoms with Crippen LogP contribution >= 0.6 is 0 Å². The van der Waals surface area contributed by atoms with Crippen LogP contribution in [0.4, 0.5) is 5.82 Å². The number of nitrogens with zero attached hydrogens (tertiary/aromatic N) is 1. The van der Waals surface area contributed by atoms with Gasteiger partial charge in [-0.2, -0.15) is 4.98 Å². The van der Waals surface area contributed by atoms with Gasteiger partial charge < -0.3 is 19.9 Å². The van der Waals surface area contributed by atoms with Gasteiger partial charge in [0.1, 0.15) is 11.4 Å². The normalized spacial score (nSPS) is 27.2. The third-order valence-electron chi connectivity index (χ3n) is 3.25. The molecule has 2 heterocycles. The van der Waals surface area contributed by atoms with Crippen molar-refractivity contribution in [2.75, 3.05) is 25.1 Å². The van der Waals surface area contributed by atoms with E-state index in [-0.39, 0.29) is 6.10 Å². The maximum Gasteiger partial charge on any atom is 0.215 e. The number of hydrogen-bond donors (Lipinski definition) is 2. The summed E-state index contributed by atoms with van der Waals surface area (Å²) in [6.45, 7) is 5.43. The van der Waals surface area contributed by atoms with Crippen molar-refractivity contribution in [3.05, 3.63) is 18.2 Å². The second-order valence-electron chi connectivity index (χ2n) is 4.51. The minimum Gasteiger partial charge on any atom is -0.478 e. The molecule has 0 bridgehead atoms. The van der Waals surface area contributed by atoms with Gasteiger partial charge in [-0.05, 0) is 19.9 Å². The number of aliphatic hydroxyl groups is 1. The highest BCUT2D eigenvalue weighted by atomic mass is 16.5. The van der Waals surface area contributed by atoms with Crippen molar-refractivity contribution < 1.29 is 14.6 Å². The van der Waals surface area contributed by atoms with E-state index >= 15 is 0 Å². The van der Waals surface area contributed by atoms with Gasteiger partial charge in [0.2, 0.25) is 5.88 Å². The van der Waals surface area contributed by atoms with Gasteiger partial charge in [0.15, 0.2) is 0 Å². The Hall–Kier alpha value is -1.33. The number of pyridine rings is 1. The molecule has 2 rings (SSSR count). The van der Waals surface area contributed by atoms with E-state index in [4.69, 9.17) is 9.47 Å². The highest BCUT2D eigenvalue weighted by Gasteiger charge is 2.39. The van der Waals surface area contributed by atoms with Crippen molar-refractivity contribution in [3.63, 3.8) is 0 Å². The number of anilines is 1. The smallest absolute Gasteiger partial charge is 0.215 e. The van der Waals surface area contributed by atoms with E-state index in [1.807, 2.05) is 32.0 Å². The molecular weight excluding hydrogens is 232 g/mol. The minimum atomic E-state index is -0.816. The monoisotopic (exact) mass is 252 g/mol. The molecule has 5 heteroatoms. The number of hydrogen-bond acceptors (Lipinski definition) is 5. The first-order valence-corrected chi connectivity index (χ1v) is 6.32. The Morgan fingerprint density at radius 3 is 3.11 bits per heavy atom. The third-order valence-corrected chi connectivity index (χ3v) is 3.25. The summed E-state index contributed by atoms with van der Waals surface area (Å²) in [6, 6.07) is 5.54. The van der Waals surface area contributed by atoms with Gasteiger partial charge in [-0.3, -0.25) is 0 Å². The Morgan fingerprint density at radius 2 is 2.44 bits per heavy atom. The molecule has 2 atom stereocenters. The maximum absolute atomic E-state index is 10.3. The lowest BCUT2D eigenvalue weighted by Crippen LogP contribution is -2.43. The van der Waals surface area contributed by atoms with Crippen molar-refractivity contribution in [2.24, 2.45) is 0 Å². The van der Waals surface area contributed by atoms with Crippen LogP contribution in [0.25, 0.3) is 0 Å². The average molecular weight is 252 g/mol. The third kappa shape index (κ3) is 2.91. The summed E-state index contributed by atoms with van der Waals surface area (Å²) in [6.07, 6.45) is 0.492. The fraction of sp³-hybridized carbons (Fsp3) is 0.615. The molecule has 1 fully saturated rings. The lowest BCUT2D eigenvalue weighted by molar-refractivity contribution is -0.0176. The first-order chi connectivity index (χ1) is 8.64. The molecule has 1 aliphatic rings. The summed E-state index contributed by atoms with van der Waals surface area (Å²) in [4.78, 5) is 4.29. The first kappa shape index (κ1) is 13.1. The molecule has 0 spiro atoms. The predicted molar refractivity (Wildman–Crippen MR) is 68.9 cm³/mol. The molecular formula is C13H20N2O3. The number of nitrogens with one attached hydrogen (secondary N) is 1.